The number of rotatable bonds is 5. The Morgan fingerprint density at radius 2 is 1.86 bits per heavy atom. The van der Waals surface area contributed by atoms with Crippen LogP contribution in [0.3, 0.4) is 0 Å². The van der Waals surface area contributed by atoms with Crippen molar-refractivity contribution in [2.24, 2.45) is 5.92 Å². The predicted molar refractivity (Wildman–Crippen MR) is 86.9 cm³/mol. The van der Waals surface area contributed by atoms with Crippen LogP contribution in [0.5, 0.6) is 0 Å². The lowest BCUT2D eigenvalue weighted by Crippen LogP contribution is -2.49. The van der Waals surface area contributed by atoms with E-state index in [1.165, 1.54) is 5.56 Å². The van der Waals surface area contributed by atoms with Gasteiger partial charge in [0.15, 0.2) is 0 Å². The summed E-state index contributed by atoms with van der Waals surface area (Å²) in [5.74, 6) is 0.188. The molecular weight excluding hydrogens is 300 g/mol. The van der Waals surface area contributed by atoms with E-state index in [2.05, 4.69) is 33.9 Å². The molecule has 1 aliphatic rings. The first kappa shape index (κ1) is 17.0. The van der Waals surface area contributed by atoms with Gasteiger partial charge in [-0.05, 0) is 50.8 Å². The van der Waals surface area contributed by atoms with Gasteiger partial charge in [0.1, 0.15) is 0 Å². The van der Waals surface area contributed by atoms with Gasteiger partial charge in [0.05, 0.1) is 12.3 Å². The fourth-order valence-electron chi connectivity index (χ4n) is 2.93. The fourth-order valence-corrected chi connectivity index (χ4v) is 3.46. The maximum Gasteiger partial charge on any atom is 0.250 e. The first-order valence-corrected chi connectivity index (χ1v) is 9.54. The SMILES string of the molecule is C[C@H](C(=O)NS(C)(=O)=O)N1CCC(Cc2ccccc2)CC1. The molecule has 1 saturated heterocycles. The van der Waals surface area contributed by atoms with Crippen molar-refractivity contribution in [1.29, 1.82) is 0 Å². The molecule has 0 unspecified atom stereocenters. The number of amides is 1. The van der Waals surface area contributed by atoms with Crippen molar-refractivity contribution in [3.63, 3.8) is 0 Å². The molecule has 2 rings (SSSR count). The molecule has 1 aromatic rings. The van der Waals surface area contributed by atoms with Gasteiger partial charge in [0.25, 0.3) is 0 Å². The summed E-state index contributed by atoms with van der Waals surface area (Å²) < 4.78 is 24.3. The molecule has 0 saturated carbocycles. The number of carbonyl (C=O) groups excluding carboxylic acids is 1. The monoisotopic (exact) mass is 324 g/mol. The number of nitrogens with zero attached hydrogens (tertiary/aromatic N) is 1. The van der Waals surface area contributed by atoms with Crippen molar-refractivity contribution in [3.05, 3.63) is 35.9 Å². The van der Waals surface area contributed by atoms with Crippen molar-refractivity contribution in [2.45, 2.75) is 32.2 Å². The maximum absolute atomic E-state index is 11.9. The van der Waals surface area contributed by atoms with Crippen LogP contribution >= 0.6 is 0 Å². The molecule has 1 N–H and O–H groups in total. The third-order valence-corrected chi connectivity index (χ3v) is 4.80. The van der Waals surface area contributed by atoms with E-state index in [1.54, 1.807) is 6.92 Å². The highest BCUT2D eigenvalue weighted by atomic mass is 32.2. The highest BCUT2D eigenvalue weighted by Gasteiger charge is 2.27. The van der Waals surface area contributed by atoms with E-state index in [-0.39, 0.29) is 0 Å². The van der Waals surface area contributed by atoms with Gasteiger partial charge in [0, 0.05) is 0 Å². The van der Waals surface area contributed by atoms with E-state index >= 15 is 0 Å². The summed E-state index contributed by atoms with van der Waals surface area (Å²) in [7, 11) is -3.48. The Bertz CT molecular complexity index is 593. The van der Waals surface area contributed by atoms with Crippen molar-refractivity contribution >= 4 is 15.9 Å². The van der Waals surface area contributed by atoms with E-state index < -0.39 is 22.0 Å². The molecule has 0 aliphatic carbocycles. The van der Waals surface area contributed by atoms with Crippen LogP contribution in [-0.2, 0) is 21.2 Å². The van der Waals surface area contributed by atoms with Crippen LogP contribution < -0.4 is 4.72 Å². The highest BCUT2D eigenvalue weighted by molar-refractivity contribution is 7.89. The lowest BCUT2D eigenvalue weighted by Gasteiger charge is -2.35. The van der Waals surface area contributed by atoms with Crippen LogP contribution in [0.15, 0.2) is 30.3 Å². The number of piperidine rings is 1. The second kappa shape index (κ2) is 7.24. The zero-order valence-corrected chi connectivity index (χ0v) is 14.0. The Morgan fingerprint density at radius 3 is 2.41 bits per heavy atom. The molecule has 1 heterocycles. The molecule has 1 aliphatic heterocycles. The minimum Gasteiger partial charge on any atom is -0.292 e. The summed E-state index contributed by atoms with van der Waals surface area (Å²) in [6, 6.07) is 10.0. The molecule has 1 atom stereocenters. The van der Waals surface area contributed by atoms with Gasteiger partial charge in [-0.1, -0.05) is 30.3 Å². The molecule has 22 heavy (non-hydrogen) atoms. The van der Waals surface area contributed by atoms with Crippen LogP contribution in [0.25, 0.3) is 0 Å². The van der Waals surface area contributed by atoms with Crippen molar-refractivity contribution in [3.8, 4) is 0 Å². The Balaban J connectivity index is 1.82. The van der Waals surface area contributed by atoms with Crippen molar-refractivity contribution in [2.75, 3.05) is 19.3 Å². The zero-order chi connectivity index (χ0) is 16.2. The normalized spacial score (nSPS) is 18.8. The molecule has 6 heteroatoms. The molecule has 122 valence electrons. The highest BCUT2D eigenvalue weighted by Crippen LogP contribution is 2.22. The number of nitrogens with one attached hydrogen (secondary N) is 1. The van der Waals surface area contributed by atoms with E-state index in [0.717, 1.165) is 38.6 Å². The molecular formula is C16H24N2O3S. The molecule has 0 aromatic heterocycles. The molecule has 0 radical (unpaired) electrons. The summed E-state index contributed by atoms with van der Waals surface area (Å²) >= 11 is 0. The summed E-state index contributed by atoms with van der Waals surface area (Å²) in [5.41, 5.74) is 1.35. The number of likely N-dealkylation sites (tertiary alicyclic amines) is 1. The van der Waals surface area contributed by atoms with Crippen LogP contribution in [-0.4, -0.2) is 44.6 Å². The average molecular weight is 324 g/mol. The standard InChI is InChI=1S/C16H24N2O3S/c1-13(16(19)17-22(2,20)21)18-10-8-15(9-11-18)12-14-6-4-3-5-7-14/h3-7,13,15H,8-12H2,1-2H3,(H,17,19)/t13-/m1/s1. The summed E-state index contributed by atoms with van der Waals surface area (Å²) in [6.07, 6.45) is 4.14. The van der Waals surface area contributed by atoms with Crippen LogP contribution in [0.4, 0.5) is 0 Å². The van der Waals surface area contributed by atoms with Gasteiger partial charge in [-0.2, -0.15) is 0 Å². The average Bonchev–Trinajstić information content (AvgIpc) is 2.46. The quantitative estimate of drug-likeness (QED) is 0.889. The molecule has 5 nitrogen and oxygen atoms in total. The van der Waals surface area contributed by atoms with E-state index in [4.69, 9.17) is 0 Å². The maximum atomic E-state index is 11.9. The second-order valence-electron chi connectivity index (χ2n) is 6.08. The minimum absolute atomic E-state index is 0.410. The van der Waals surface area contributed by atoms with Crippen LogP contribution in [0.2, 0.25) is 0 Å². The molecule has 0 bridgehead atoms. The summed E-state index contributed by atoms with van der Waals surface area (Å²) in [4.78, 5) is 14.0. The first-order valence-electron chi connectivity index (χ1n) is 7.65. The van der Waals surface area contributed by atoms with E-state index in [0.29, 0.717) is 5.92 Å². The number of hydrogen-bond acceptors (Lipinski definition) is 4. The smallest absolute Gasteiger partial charge is 0.250 e. The number of sulfonamides is 1. The Morgan fingerprint density at radius 1 is 1.27 bits per heavy atom. The van der Waals surface area contributed by atoms with Crippen molar-refractivity contribution < 1.29 is 13.2 Å². The topological polar surface area (TPSA) is 66.5 Å². The lowest BCUT2D eigenvalue weighted by atomic mass is 9.89. The summed E-state index contributed by atoms with van der Waals surface area (Å²) in [6.45, 7) is 3.42. The van der Waals surface area contributed by atoms with Gasteiger partial charge in [-0.15, -0.1) is 0 Å². The van der Waals surface area contributed by atoms with E-state index in [1.807, 2.05) is 6.07 Å². The van der Waals surface area contributed by atoms with Crippen molar-refractivity contribution in [1.82, 2.24) is 9.62 Å². The number of carbonyl (C=O) groups is 1. The molecule has 1 aromatic carbocycles. The van der Waals surface area contributed by atoms with Gasteiger partial charge in [-0.3, -0.25) is 14.4 Å². The van der Waals surface area contributed by atoms with E-state index in [9.17, 15) is 13.2 Å². The largest absolute Gasteiger partial charge is 0.292 e. The van der Waals surface area contributed by atoms with Gasteiger partial charge >= 0.3 is 0 Å². The molecule has 0 spiro atoms. The Hall–Kier alpha value is -1.40. The van der Waals surface area contributed by atoms with Gasteiger partial charge < -0.3 is 0 Å². The third-order valence-electron chi connectivity index (χ3n) is 4.23. The summed E-state index contributed by atoms with van der Waals surface area (Å²) in [5, 5.41) is 0. The second-order valence-corrected chi connectivity index (χ2v) is 7.83. The first-order chi connectivity index (χ1) is 10.3. The lowest BCUT2D eigenvalue weighted by molar-refractivity contribution is -0.124. The molecule has 1 amide bonds. The number of hydrogen-bond donors (Lipinski definition) is 1. The minimum atomic E-state index is -3.48. The zero-order valence-electron chi connectivity index (χ0n) is 13.2. The molecule has 1 fully saturated rings. The third kappa shape index (κ3) is 5.10. The van der Waals surface area contributed by atoms with Gasteiger partial charge in [-0.25, -0.2) is 8.42 Å². The predicted octanol–water partition coefficient (Wildman–Crippen LogP) is 1.41. The number of benzene rings is 1. The van der Waals surface area contributed by atoms with Crippen LogP contribution in [0.1, 0.15) is 25.3 Å². The Kier molecular flexibility index (Phi) is 5.58. The van der Waals surface area contributed by atoms with Gasteiger partial charge in [0.2, 0.25) is 15.9 Å². The fraction of sp³-hybridized carbons (Fsp3) is 0.562. The Labute approximate surface area is 132 Å². The van der Waals surface area contributed by atoms with Crippen LogP contribution in [0, 0.1) is 5.92 Å².